The van der Waals surface area contributed by atoms with Crippen LogP contribution < -0.4 is 0 Å². The first-order valence-electron chi connectivity index (χ1n) is 6.93. The number of amides is 2. The Bertz CT molecular complexity index is 349. The number of hydrogen-bond acceptors (Lipinski definition) is 3. The Balaban J connectivity index is 1.94. The topological polar surface area (TPSA) is 64.1 Å². The van der Waals surface area contributed by atoms with Crippen LogP contribution in [0.3, 0.4) is 0 Å². The Kier molecular flexibility index (Phi) is 4.29. The van der Waals surface area contributed by atoms with Crippen molar-refractivity contribution >= 4 is 12.0 Å². The summed E-state index contributed by atoms with van der Waals surface area (Å²) in [4.78, 5) is 28.8. The van der Waals surface area contributed by atoms with E-state index in [2.05, 4.69) is 11.9 Å². The number of nitrogens with zero attached hydrogens (tertiary/aromatic N) is 3. The molecule has 0 aromatic heterocycles. The molecule has 1 saturated heterocycles. The van der Waals surface area contributed by atoms with Crippen molar-refractivity contribution in [2.45, 2.75) is 37.8 Å². The highest BCUT2D eigenvalue weighted by molar-refractivity contribution is 5.80. The van der Waals surface area contributed by atoms with Gasteiger partial charge >= 0.3 is 12.0 Å². The highest BCUT2D eigenvalue weighted by atomic mass is 16.4. The fourth-order valence-corrected chi connectivity index (χ4v) is 2.63. The molecule has 0 spiro atoms. The number of hydrogen-bond donors (Lipinski definition) is 1. The van der Waals surface area contributed by atoms with Gasteiger partial charge in [-0.05, 0) is 45.8 Å². The molecule has 1 saturated carbocycles. The second-order valence-electron chi connectivity index (χ2n) is 5.68. The summed E-state index contributed by atoms with van der Waals surface area (Å²) < 4.78 is 0. The number of carbonyl (C=O) groups is 2. The monoisotopic (exact) mass is 269 g/mol. The van der Waals surface area contributed by atoms with Gasteiger partial charge in [0.2, 0.25) is 0 Å². The summed E-state index contributed by atoms with van der Waals surface area (Å²) in [6.07, 6.45) is 3.79. The maximum absolute atomic E-state index is 12.4. The maximum Gasteiger partial charge on any atom is 0.323 e. The standard InChI is InChI=1S/C13H23N3O3/c1-14-7-5-10(6-8-14)15(2)13(19)16(9-12(17)18)11-3-4-11/h10-11H,3-9H2,1-2H3,(H,17,18). The van der Waals surface area contributed by atoms with E-state index >= 15 is 0 Å². The molecular weight excluding hydrogens is 246 g/mol. The molecule has 0 bridgehead atoms. The molecule has 6 heteroatoms. The molecule has 1 N–H and O–H groups in total. The lowest BCUT2D eigenvalue weighted by Crippen LogP contribution is -2.51. The molecular formula is C13H23N3O3. The smallest absolute Gasteiger partial charge is 0.323 e. The molecule has 2 amide bonds. The molecule has 1 heterocycles. The average Bonchev–Trinajstić information content (AvgIpc) is 3.19. The molecule has 1 aliphatic carbocycles. The Morgan fingerprint density at radius 3 is 2.21 bits per heavy atom. The van der Waals surface area contributed by atoms with Crippen LogP contribution in [0.2, 0.25) is 0 Å². The summed E-state index contributed by atoms with van der Waals surface area (Å²) in [7, 11) is 3.88. The van der Waals surface area contributed by atoms with Gasteiger partial charge < -0.3 is 19.8 Å². The molecule has 2 rings (SSSR count). The van der Waals surface area contributed by atoms with E-state index in [9.17, 15) is 9.59 Å². The highest BCUT2D eigenvalue weighted by Crippen LogP contribution is 2.28. The minimum absolute atomic E-state index is 0.126. The average molecular weight is 269 g/mol. The van der Waals surface area contributed by atoms with E-state index in [4.69, 9.17) is 5.11 Å². The van der Waals surface area contributed by atoms with E-state index in [1.165, 1.54) is 4.90 Å². The van der Waals surface area contributed by atoms with Crippen molar-refractivity contribution in [3.05, 3.63) is 0 Å². The number of aliphatic carboxylic acids is 1. The van der Waals surface area contributed by atoms with E-state index in [-0.39, 0.29) is 24.7 Å². The van der Waals surface area contributed by atoms with Crippen molar-refractivity contribution in [1.29, 1.82) is 0 Å². The van der Waals surface area contributed by atoms with Crippen LogP contribution in [0.4, 0.5) is 4.79 Å². The van der Waals surface area contributed by atoms with Crippen LogP contribution in [0.25, 0.3) is 0 Å². The molecule has 6 nitrogen and oxygen atoms in total. The molecule has 0 aromatic rings. The molecule has 1 aliphatic heterocycles. The zero-order valence-electron chi connectivity index (χ0n) is 11.7. The summed E-state index contributed by atoms with van der Waals surface area (Å²) >= 11 is 0. The zero-order valence-corrected chi connectivity index (χ0v) is 11.7. The molecule has 2 fully saturated rings. The van der Waals surface area contributed by atoms with Crippen molar-refractivity contribution in [3.8, 4) is 0 Å². The molecule has 2 aliphatic rings. The van der Waals surface area contributed by atoms with Crippen LogP contribution in [0.1, 0.15) is 25.7 Å². The summed E-state index contributed by atoms with van der Waals surface area (Å²) in [5, 5.41) is 8.92. The van der Waals surface area contributed by atoms with E-state index < -0.39 is 5.97 Å². The van der Waals surface area contributed by atoms with Crippen molar-refractivity contribution < 1.29 is 14.7 Å². The number of carboxylic acids is 1. The SMILES string of the molecule is CN1CCC(N(C)C(=O)N(CC(=O)O)C2CC2)CC1. The van der Waals surface area contributed by atoms with Gasteiger partial charge in [0, 0.05) is 19.1 Å². The Labute approximate surface area is 114 Å². The molecule has 19 heavy (non-hydrogen) atoms. The second kappa shape index (κ2) is 5.77. The van der Waals surface area contributed by atoms with Crippen LogP contribution in [-0.4, -0.2) is 77.6 Å². The molecule has 0 radical (unpaired) electrons. The Morgan fingerprint density at radius 2 is 1.74 bits per heavy atom. The minimum Gasteiger partial charge on any atom is -0.480 e. The number of urea groups is 1. The second-order valence-corrected chi connectivity index (χ2v) is 5.68. The van der Waals surface area contributed by atoms with Gasteiger partial charge in [-0.2, -0.15) is 0 Å². The normalized spacial score (nSPS) is 21.2. The third-order valence-electron chi connectivity index (χ3n) is 4.08. The van der Waals surface area contributed by atoms with Gasteiger partial charge in [0.05, 0.1) is 0 Å². The minimum atomic E-state index is -0.933. The number of carboxylic acid groups (broad SMARTS) is 1. The summed E-state index contributed by atoms with van der Waals surface area (Å²) in [6.45, 7) is 1.80. The fourth-order valence-electron chi connectivity index (χ4n) is 2.63. The summed E-state index contributed by atoms with van der Waals surface area (Å²) in [5.74, 6) is -0.933. The quantitative estimate of drug-likeness (QED) is 0.815. The number of rotatable bonds is 4. The molecule has 0 unspecified atom stereocenters. The Morgan fingerprint density at radius 1 is 1.16 bits per heavy atom. The third kappa shape index (κ3) is 3.59. The lowest BCUT2D eigenvalue weighted by molar-refractivity contribution is -0.137. The van der Waals surface area contributed by atoms with Crippen molar-refractivity contribution in [2.24, 2.45) is 0 Å². The van der Waals surface area contributed by atoms with Crippen molar-refractivity contribution in [2.75, 3.05) is 33.7 Å². The summed E-state index contributed by atoms with van der Waals surface area (Å²) in [6, 6.07) is 0.246. The van der Waals surface area contributed by atoms with E-state index in [0.29, 0.717) is 0 Å². The van der Waals surface area contributed by atoms with Crippen molar-refractivity contribution in [3.63, 3.8) is 0 Å². The van der Waals surface area contributed by atoms with Gasteiger partial charge in [-0.1, -0.05) is 0 Å². The first-order valence-corrected chi connectivity index (χ1v) is 6.93. The predicted octanol–water partition coefficient (Wildman–Crippen LogP) is 0.681. The maximum atomic E-state index is 12.4. The number of carbonyl (C=O) groups excluding carboxylic acids is 1. The third-order valence-corrected chi connectivity index (χ3v) is 4.08. The number of likely N-dealkylation sites (tertiary alicyclic amines) is 1. The van der Waals surface area contributed by atoms with Crippen LogP contribution >= 0.6 is 0 Å². The van der Waals surface area contributed by atoms with Gasteiger partial charge in [0.1, 0.15) is 6.54 Å². The van der Waals surface area contributed by atoms with Crippen LogP contribution in [0.5, 0.6) is 0 Å². The first kappa shape index (κ1) is 14.1. The molecule has 108 valence electrons. The van der Waals surface area contributed by atoms with E-state index in [0.717, 1.165) is 38.8 Å². The molecule has 0 atom stereocenters. The largest absolute Gasteiger partial charge is 0.480 e. The first-order chi connectivity index (χ1) is 8.99. The van der Waals surface area contributed by atoms with Crippen LogP contribution in [-0.2, 0) is 4.79 Å². The summed E-state index contributed by atoms with van der Waals surface area (Å²) in [5.41, 5.74) is 0. The lowest BCUT2D eigenvalue weighted by Gasteiger charge is -2.37. The van der Waals surface area contributed by atoms with Gasteiger partial charge in [-0.15, -0.1) is 0 Å². The van der Waals surface area contributed by atoms with E-state index in [1.54, 1.807) is 11.9 Å². The van der Waals surface area contributed by atoms with Crippen LogP contribution in [0, 0.1) is 0 Å². The van der Waals surface area contributed by atoms with Gasteiger partial charge in [-0.25, -0.2) is 4.79 Å². The zero-order chi connectivity index (χ0) is 14.0. The van der Waals surface area contributed by atoms with Gasteiger partial charge in [0.15, 0.2) is 0 Å². The fraction of sp³-hybridized carbons (Fsp3) is 0.846. The Hall–Kier alpha value is -1.30. The van der Waals surface area contributed by atoms with Gasteiger partial charge in [0.25, 0.3) is 0 Å². The van der Waals surface area contributed by atoms with Gasteiger partial charge in [-0.3, -0.25) is 4.79 Å². The van der Waals surface area contributed by atoms with Crippen LogP contribution in [0.15, 0.2) is 0 Å². The van der Waals surface area contributed by atoms with Crippen molar-refractivity contribution in [1.82, 2.24) is 14.7 Å². The number of piperidine rings is 1. The molecule has 0 aromatic carbocycles. The lowest BCUT2D eigenvalue weighted by atomic mass is 10.0. The highest BCUT2D eigenvalue weighted by Gasteiger charge is 2.37. The van der Waals surface area contributed by atoms with E-state index in [1.807, 2.05) is 0 Å². The predicted molar refractivity (Wildman–Crippen MR) is 71.0 cm³/mol.